The average Bonchev–Trinajstić information content (AvgIpc) is 3.76. The molecule has 0 saturated heterocycles. The van der Waals surface area contributed by atoms with E-state index in [2.05, 4.69) is 30.9 Å². The Hall–Kier alpha value is -3.56. The van der Waals surface area contributed by atoms with Gasteiger partial charge in [0.15, 0.2) is 5.82 Å². The monoisotopic (exact) mass is 479 g/mol. The van der Waals surface area contributed by atoms with Gasteiger partial charge < -0.3 is 10.6 Å². The number of carbonyl (C=O) groups is 2. The zero-order valence-corrected chi connectivity index (χ0v) is 20.1. The minimum absolute atomic E-state index is 0.0604. The Balaban J connectivity index is 1.38. The van der Waals surface area contributed by atoms with Gasteiger partial charge in [0.05, 0.1) is 17.6 Å². The summed E-state index contributed by atoms with van der Waals surface area (Å²) >= 11 is 0. The number of aromatic amines is 1. The SMILES string of the molecule is CCn1nccc1C(=O)N[C@H](C(=O)Nc1cnc(-c2c(C)n[nH]c2C)c(F)c1)C(C1CC1)C1CC1. The Morgan fingerprint density at radius 3 is 2.51 bits per heavy atom. The van der Waals surface area contributed by atoms with Crippen LogP contribution in [0.2, 0.25) is 0 Å². The van der Waals surface area contributed by atoms with Gasteiger partial charge in [-0.25, -0.2) is 4.39 Å². The average molecular weight is 480 g/mol. The second-order valence-electron chi connectivity index (χ2n) is 9.59. The van der Waals surface area contributed by atoms with Gasteiger partial charge in [-0.3, -0.25) is 24.4 Å². The molecule has 3 aromatic rings. The highest BCUT2D eigenvalue weighted by Gasteiger charge is 2.48. The van der Waals surface area contributed by atoms with Crippen molar-refractivity contribution >= 4 is 17.5 Å². The van der Waals surface area contributed by atoms with Crippen molar-refractivity contribution in [1.82, 2.24) is 30.3 Å². The van der Waals surface area contributed by atoms with Crippen LogP contribution in [0.15, 0.2) is 24.5 Å². The molecule has 2 fully saturated rings. The molecule has 0 aromatic carbocycles. The summed E-state index contributed by atoms with van der Waals surface area (Å²) in [4.78, 5) is 30.9. The molecule has 0 aliphatic heterocycles. The van der Waals surface area contributed by atoms with Gasteiger partial charge in [-0.1, -0.05) is 0 Å². The summed E-state index contributed by atoms with van der Waals surface area (Å²) in [7, 11) is 0. The molecular weight excluding hydrogens is 449 g/mol. The normalized spacial score (nSPS) is 16.4. The number of H-pyrrole nitrogens is 1. The number of hydrogen-bond donors (Lipinski definition) is 3. The van der Waals surface area contributed by atoms with Crippen LogP contribution < -0.4 is 10.6 Å². The molecule has 1 atom stereocenters. The van der Waals surface area contributed by atoms with E-state index < -0.39 is 11.9 Å². The largest absolute Gasteiger partial charge is 0.339 e. The molecule has 3 heterocycles. The maximum Gasteiger partial charge on any atom is 0.270 e. The first-order valence-corrected chi connectivity index (χ1v) is 12.2. The first kappa shape index (κ1) is 23.2. The van der Waals surface area contributed by atoms with Gasteiger partial charge in [0.25, 0.3) is 5.91 Å². The summed E-state index contributed by atoms with van der Waals surface area (Å²) in [6.07, 6.45) is 7.25. The van der Waals surface area contributed by atoms with Crippen LogP contribution in [0.25, 0.3) is 11.3 Å². The summed E-state index contributed by atoms with van der Waals surface area (Å²) in [6.45, 7) is 6.04. The predicted molar refractivity (Wildman–Crippen MR) is 128 cm³/mol. The smallest absolute Gasteiger partial charge is 0.270 e. The molecule has 0 spiro atoms. The zero-order valence-electron chi connectivity index (χ0n) is 20.1. The molecule has 2 aliphatic carbocycles. The van der Waals surface area contributed by atoms with Gasteiger partial charge in [-0.2, -0.15) is 10.2 Å². The van der Waals surface area contributed by atoms with Crippen LogP contribution >= 0.6 is 0 Å². The Labute approximate surface area is 202 Å². The molecule has 2 amide bonds. The molecule has 3 N–H and O–H groups in total. The second-order valence-corrected chi connectivity index (χ2v) is 9.59. The number of rotatable bonds is 9. The molecule has 9 nitrogen and oxygen atoms in total. The van der Waals surface area contributed by atoms with Crippen LogP contribution in [0.4, 0.5) is 10.1 Å². The third-order valence-corrected chi connectivity index (χ3v) is 7.01. The van der Waals surface area contributed by atoms with Gasteiger partial charge >= 0.3 is 0 Å². The summed E-state index contributed by atoms with van der Waals surface area (Å²) in [5, 5.41) is 16.9. The number of anilines is 1. The summed E-state index contributed by atoms with van der Waals surface area (Å²) in [6, 6.07) is 2.19. The molecule has 0 bridgehead atoms. The molecule has 2 aliphatic rings. The van der Waals surface area contributed by atoms with E-state index in [1.54, 1.807) is 30.8 Å². The molecule has 184 valence electrons. The molecule has 5 rings (SSSR count). The number of aromatic nitrogens is 5. The van der Waals surface area contributed by atoms with Gasteiger partial charge in [0, 0.05) is 30.1 Å². The maximum atomic E-state index is 15.0. The first-order chi connectivity index (χ1) is 16.9. The van der Waals surface area contributed by atoms with Crippen LogP contribution in [0, 0.1) is 37.4 Å². The number of nitrogens with zero attached hydrogens (tertiary/aromatic N) is 4. The van der Waals surface area contributed by atoms with E-state index in [9.17, 15) is 9.59 Å². The number of carbonyl (C=O) groups excluding carboxylic acids is 2. The zero-order chi connectivity index (χ0) is 24.7. The lowest BCUT2D eigenvalue weighted by Gasteiger charge is -2.27. The lowest BCUT2D eigenvalue weighted by molar-refractivity contribution is -0.119. The number of aryl methyl sites for hydroxylation is 3. The predicted octanol–water partition coefficient (Wildman–Crippen LogP) is 3.62. The molecule has 2 saturated carbocycles. The first-order valence-electron chi connectivity index (χ1n) is 12.2. The Bertz CT molecular complexity index is 1230. The highest BCUT2D eigenvalue weighted by molar-refractivity contribution is 6.00. The van der Waals surface area contributed by atoms with E-state index in [1.165, 1.54) is 12.3 Å². The summed E-state index contributed by atoms with van der Waals surface area (Å²) in [5.74, 6) is -0.345. The minimum Gasteiger partial charge on any atom is -0.339 e. The number of hydrogen-bond acceptors (Lipinski definition) is 5. The van der Waals surface area contributed by atoms with Gasteiger partial charge in [0.1, 0.15) is 17.4 Å². The van der Waals surface area contributed by atoms with E-state index in [1.807, 2.05) is 6.92 Å². The molecule has 35 heavy (non-hydrogen) atoms. The van der Waals surface area contributed by atoms with Crippen molar-refractivity contribution in [3.63, 3.8) is 0 Å². The van der Waals surface area contributed by atoms with E-state index in [4.69, 9.17) is 0 Å². The summed E-state index contributed by atoms with van der Waals surface area (Å²) < 4.78 is 16.6. The van der Waals surface area contributed by atoms with Crippen molar-refractivity contribution < 1.29 is 14.0 Å². The van der Waals surface area contributed by atoms with Crippen LogP contribution in [0.5, 0.6) is 0 Å². The Morgan fingerprint density at radius 2 is 1.94 bits per heavy atom. The van der Waals surface area contributed by atoms with Crippen molar-refractivity contribution in [2.45, 2.75) is 59.0 Å². The lowest BCUT2D eigenvalue weighted by Crippen LogP contribution is -2.50. The highest BCUT2D eigenvalue weighted by atomic mass is 19.1. The van der Waals surface area contributed by atoms with Gasteiger partial charge in [0.2, 0.25) is 5.91 Å². The Kier molecular flexibility index (Phi) is 6.12. The molecule has 3 aromatic heterocycles. The van der Waals surface area contributed by atoms with Crippen LogP contribution in [0.3, 0.4) is 0 Å². The van der Waals surface area contributed by atoms with Crippen LogP contribution in [0.1, 0.15) is 54.5 Å². The van der Waals surface area contributed by atoms with Crippen LogP contribution in [-0.4, -0.2) is 42.8 Å². The quantitative estimate of drug-likeness (QED) is 0.433. The molecule has 10 heteroatoms. The van der Waals surface area contributed by atoms with E-state index in [0.717, 1.165) is 31.4 Å². The van der Waals surface area contributed by atoms with E-state index in [0.29, 0.717) is 35.3 Å². The maximum absolute atomic E-state index is 15.0. The van der Waals surface area contributed by atoms with E-state index >= 15 is 4.39 Å². The van der Waals surface area contributed by atoms with Crippen LogP contribution in [-0.2, 0) is 11.3 Å². The molecular formula is C25H30FN7O2. The van der Waals surface area contributed by atoms with Crippen molar-refractivity contribution in [3.05, 3.63) is 47.4 Å². The number of halogens is 1. The van der Waals surface area contributed by atoms with Crippen molar-refractivity contribution in [3.8, 4) is 11.3 Å². The molecule has 0 radical (unpaired) electrons. The van der Waals surface area contributed by atoms with Crippen molar-refractivity contribution in [1.29, 1.82) is 0 Å². The molecule has 0 unspecified atom stereocenters. The third-order valence-electron chi connectivity index (χ3n) is 7.01. The van der Waals surface area contributed by atoms with Crippen molar-refractivity contribution in [2.75, 3.05) is 5.32 Å². The number of amides is 2. The third kappa shape index (κ3) is 4.69. The number of nitrogens with one attached hydrogen (secondary N) is 3. The lowest BCUT2D eigenvalue weighted by atomic mass is 9.88. The van der Waals surface area contributed by atoms with E-state index in [-0.39, 0.29) is 29.1 Å². The second kappa shape index (κ2) is 9.24. The topological polar surface area (TPSA) is 118 Å². The summed E-state index contributed by atoms with van der Waals surface area (Å²) in [5.41, 5.74) is 2.82. The minimum atomic E-state index is -0.719. The highest BCUT2D eigenvalue weighted by Crippen LogP contribution is 2.51. The standard InChI is InChI=1S/C25H30FN7O2/c1-4-33-19(9-10-28-33)24(34)30-23(21(15-5-6-15)16-7-8-16)25(35)29-17-11-18(26)22(27-12-17)20-13(2)31-32-14(20)3/h9-12,15-16,21,23H,4-8H2,1-3H3,(H,29,35)(H,30,34)(H,31,32)/t23-/m0/s1. The Morgan fingerprint density at radius 1 is 1.23 bits per heavy atom. The fourth-order valence-electron chi connectivity index (χ4n) is 5.03. The fraction of sp³-hybridized carbons (Fsp3) is 0.480. The van der Waals surface area contributed by atoms with Gasteiger partial charge in [-0.05, 0) is 70.3 Å². The number of pyridine rings is 1. The fourth-order valence-corrected chi connectivity index (χ4v) is 5.03. The van der Waals surface area contributed by atoms with Gasteiger partial charge in [-0.15, -0.1) is 0 Å². The van der Waals surface area contributed by atoms with Crippen molar-refractivity contribution in [2.24, 2.45) is 17.8 Å².